The van der Waals surface area contributed by atoms with Crippen molar-refractivity contribution in [2.75, 3.05) is 32.7 Å². The van der Waals surface area contributed by atoms with Crippen LogP contribution in [0.1, 0.15) is 18.1 Å². The molecule has 1 fully saturated rings. The van der Waals surface area contributed by atoms with E-state index in [0.29, 0.717) is 0 Å². The van der Waals surface area contributed by atoms with Crippen LogP contribution in [0, 0.1) is 6.92 Å². The van der Waals surface area contributed by atoms with Crippen molar-refractivity contribution in [3.05, 3.63) is 71.8 Å². The summed E-state index contributed by atoms with van der Waals surface area (Å²) < 4.78 is 5.83. The second-order valence-corrected chi connectivity index (χ2v) is 7.02. The smallest absolute Gasteiger partial charge is 0.263 e. The van der Waals surface area contributed by atoms with Crippen molar-refractivity contribution in [3.63, 3.8) is 0 Å². The zero-order valence-corrected chi connectivity index (χ0v) is 16.2. The molecule has 142 valence electrons. The van der Waals surface area contributed by atoms with Gasteiger partial charge in [-0.05, 0) is 37.1 Å². The molecule has 3 rings (SSSR count). The zero-order chi connectivity index (χ0) is 19.1. The Morgan fingerprint density at radius 3 is 2.52 bits per heavy atom. The molecule has 0 aromatic heterocycles. The van der Waals surface area contributed by atoms with Crippen molar-refractivity contribution in [2.24, 2.45) is 0 Å². The number of rotatable bonds is 6. The quantitative estimate of drug-likeness (QED) is 0.785. The normalized spacial score (nSPS) is 16.4. The highest BCUT2D eigenvalue weighted by Gasteiger charge is 2.25. The van der Waals surface area contributed by atoms with Gasteiger partial charge >= 0.3 is 0 Å². The molecule has 0 spiro atoms. The Morgan fingerprint density at radius 1 is 1.07 bits per heavy atom. The lowest BCUT2D eigenvalue weighted by Crippen LogP contribution is -2.51. The lowest BCUT2D eigenvalue weighted by molar-refractivity contribution is -0.139. The molecule has 1 aliphatic heterocycles. The first-order valence-electron chi connectivity index (χ1n) is 9.58. The number of amides is 1. The summed E-state index contributed by atoms with van der Waals surface area (Å²) in [6.45, 7) is 8.04. The summed E-state index contributed by atoms with van der Waals surface area (Å²) in [6.07, 6.45) is 3.88. The van der Waals surface area contributed by atoms with E-state index in [1.807, 2.05) is 61.2 Å². The summed E-state index contributed by atoms with van der Waals surface area (Å²) in [5, 5.41) is 0. The molecule has 2 aromatic carbocycles. The van der Waals surface area contributed by atoms with Crippen LogP contribution in [-0.4, -0.2) is 54.5 Å². The van der Waals surface area contributed by atoms with Crippen molar-refractivity contribution in [3.8, 4) is 5.75 Å². The molecule has 1 atom stereocenters. The van der Waals surface area contributed by atoms with E-state index in [-0.39, 0.29) is 5.91 Å². The van der Waals surface area contributed by atoms with Gasteiger partial charge in [-0.15, -0.1) is 0 Å². The number of carbonyl (C=O) groups is 1. The van der Waals surface area contributed by atoms with E-state index in [2.05, 4.69) is 29.2 Å². The molecule has 1 heterocycles. The predicted octanol–water partition coefficient (Wildman–Crippen LogP) is 3.62. The monoisotopic (exact) mass is 364 g/mol. The van der Waals surface area contributed by atoms with Crippen molar-refractivity contribution >= 4 is 12.0 Å². The molecule has 2 aromatic rings. The largest absolute Gasteiger partial charge is 0.481 e. The molecule has 1 unspecified atom stereocenters. The minimum Gasteiger partial charge on any atom is -0.481 e. The number of ether oxygens (including phenoxy) is 1. The Labute approximate surface area is 162 Å². The Kier molecular flexibility index (Phi) is 6.66. The number of nitrogens with zero attached hydrogens (tertiary/aromatic N) is 2. The molecular weight excluding hydrogens is 336 g/mol. The third kappa shape index (κ3) is 5.69. The fraction of sp³-hybridized carbons (Fsp3) is 0.348. The molecule has 4 nitrogen and oxygen atoms in total. The van der Waals surface area contributed by atoms with Gasteiger partial charge in [-0.1, -0.05) is 54.6 Å². The van der Waals surface area contributed by atoms with Gasteiger partial charge in [0, 0.05) is 32.7 Å². The molecule has 0 saturated carbocycles. The van der Waals surface area contributed by atoms with Crippen LogP contribution in [0.2, 0.25) is 0 Å². The summed E-state index contributed by atoms with van der Waals surface area (Å²) in [5.74, 6) is 0.816. The average Bonchev–Trinajstić information content (AvgIpc) is 2.69. The molecule has 0 bridgehead atoms. The first-order chi connectivity index (χ1) is 13.1. The van der Waals surface area contributed by atoms with Gasteiger partial charge in [-0.25, -0.2) is 0 Å². The van der Waals surface area contributed by atoms with Gasteiger partial charge < -0.3 is 9.64 Å². The van der Waals surface area contributed by atoms with Crippen molar-refractivity contribution in [2.45, 2.75) is 20.0 Å². The standard InChI is InChI=1S/C23H28N2O2/c1-19-8-6-12-22(18-19)27-20(2)23(26)25-16-14-24(15-17-25)13-7-11-21-9-4-3-5-10-21/h3-12,18,20H,13-17H2,1-2H3. The molecule has 1 saturated heterocycles. The van der Waals surface area contributed by atoms with E-state index in [1.165, 1.54) is 5.56 Å². The van der Waals surface area contributed by atoms with Crippen LogP contribution < -0.4 is 4.74 Å². The second-order valence-electron chi connectivity index (χ2n) is 7.02. The van der Waals surface area contributed by atoms with Gasteiger partial charge in [-0.2, -0.15) is 0 Å². The third-order valence-corrected chi connectivity index (χ3v) is 4.81. The molecule has 1 amide bonds. The number of benzene rings is 2. The SMILES string of the molecule is Cc1cccc(OC(C)C(=O)N2CCN(CC=Cc3ccccc3)CC2)c1. The van der Waals surface area contributed by atoms with Crippen LogP contribution in [0.15, 0.2) is 60.7 Å². The Morgan fingerprint density at radius 2 is 1.81 bits per heavy atom. The Bertz CT molecular complexity index is 765. The van der Waals surface area contributed by atoms with Crippen LogP contribution in [0.3, 0.4) is 0 Å². The number of hydrogen-bond acceptors (Lipinski definition) is 3. The maximum atomic E-state index is 12.7. The van der Waals surface area contributed by atoms with Gasteiger partial charge in [0.15, 0.2) is 6.10 Å². The summed E-state index contributed by atoms with van der Waals surface area (Å²) in [4.78, 5) is 16.9. The number of hydrogen-bond donors (Lipinski definition) is 0. The van der Waals surface area contributed by atoms with E-state index in [1.54, 1.807) is 0 Å². The van der Waals surface area contributed by atoms with Crippen molar-refractivity contribution in [1.29, 1.82) is 0 Å². The maximum absolute atomic E-state index is 12.7. The molecule has 0 radical (unpaired) electrons. The van der Waals surface area contributed by atoms with Gasteiger partial charge in [-0.3, -0.25) is 9.69 Å². The topological polar surface area (TPSA) is 32.8 Å². The minimum absolute atomic E-state index is 0.0657. The fourth-order valence-electron chi connectivity index (χ4n) is 3.25. The van der Waals surface area contributed by atoms with E-state index in [9.17, 15) is 4.79 Å². The molecule has 4 heteroatoms. The van der Waals surface area contributed by atoms with Gasteiger partial charge in [0.1, 0.15) is 5.75 Å². The van der Waals surface area contributed by atoms with Crippen LogP contribution >= 0.6 is 0 Å². The number of piperazine rings is 1. The number of aryl methyl sites for hydroxylation is 1. The molecule has 27 heavy (non-hydrogen) atoms. The van der Waals surface area contributed by atoms with Crippen LogP contribution in [0.25, 0.3) is 6.08 Å². The summed E-state index contributed by atoms with van der Waals surface area (Å²) in [6, 6.07) is 18.1. The predicted molar refractivity (Wildman–Crippen MR) is 110 cm³/mol. The van der Waals surface area contributed by atoms with Gasteiger partial charge in [0.2, 0.25) is 0 Å². The van der Waals surface area contributed by atoms with Crippen molar-refractivity contribution in [1.82, 2.24) is 9.80 Å². The summed E-state index contributed by atoms with van der Waals surface area (Å²) in [7, 11) is 0. The summed E-state index contributed by atoms with van der Waals surface area (Å²) in [5.41, 5.74) is 2.35. The van der Waals surface area contributed by atoms with E-state index >= 15 is 0 Å². The second kappa shape index (κ2) is 9.38. The van der Waals surface area contributed by atoms with Gasteiger partial charge in [0.05, 0.1) is 0 Å². The third-order valence-electron chi connectivity index (χ3n) is 4.81. The van der Waals surface area contributed by atoms with Crippen LogP contribution in [0.5, 0.6) is 5.75 Å². The number of carbonyl (C=O) groups excluding carboxylic acids is 1. The highest BCUT2D eigenvalue weighted by molar-refractivity contribution is 5.81. The minimum atomic E-state index is -0.462. The van der Waals surface area contributed by atoms with E-state index in [0.717, 1.165) is 44.0 Å². The van der Waals surface area contributed by atoms with Crippen LogP contribution in [-0.2, 0) is 4.79 Å². The van der Waals surface area contributed by atoms with Crippen molar-refractivity contribution < 1.29 is 9.53 Å². The summed E-state index contributed by atoms with van der Waals surface area (Å²) >= 11 is 0. The Hall–Kier alpha value is -2.59. The van der Waals surface area contributed by atoms with Crippen LogP contribution in [0.4, 0.5) is 0 Å². The molecule has 0 aliphatic carbocycles. The lowest BCUT2D eigenvalue weighted by atomic mass is 10.2. The zero-order valence-electron chi connectivity index (χ0n) is 16.2. The average molecular weight is 364 g/mol. The highest BCUT2D eigenvalue weighted by atomic mass is 16.5. The first-order valence-corrected chi connectivity index (χ1v) is 9.58. The van der Waals surface area contributed by atoms with Gasteiger partial charge in [0.25, 0.3) is 5.91 Å². The first kappa shape index (κ1) is 19.2. The molecule has 0 N–H and O–H groups in total. The maximum Gasteiger partial charge on any atom is 0.263 e. The molecular formula is C23H28N2O2. The highest BCUT2D eigenvalue weighted by Crippen LogP contribution is 2.15. The lowest BCUT2D eigenvalue weighted by Gasteiger charge is -2.35. The van der Waals surface area contributed by atoms with E-state index in [4.69, 9.17) is 4.74 Å². The fourth-order valence-corrected chi connectivity index (χ4v) is 3.25. The Balaban J connectivity index is 1.44. The van der Waals surface area contributed by atoms with E-state index < -0.39 is 6.10 Å². The molecule has 1 aliphatic rings.